The maximum absolute atomic E-state index is 10.4. The van der Waals surface area contributed by atoms with Crippen LogP contribution in [0.2, 0.25) is 0 Å². The van der Waals surface area contributed by atoms with Gasteiger partial charge in [0.15, 0.2) is 0 Å². The number of hydrogen-bond donors (Lipinski definition) is 1. The quantitative estimate of drug-likeness (QED) is 0.512. The zero-order valence-electron chi connectivity index (χ0n) is 5.47. The van der Waals surface area contributed by atoms with E-state index in [9.17, 15) is 9.59 Å². The number of amides is 2. The van der Waals surface area contributed by atoms with Gasteiger partial charge >= 0.3 is 0 Å². The molecule has 0 fully saturated rings. The minimum atomic E-state index is -0.370. The molecule has 0 unspecified atom stereocenters. The summed E-state index contributed by atoms with van der Waals surface area (Å²) < 4.78 is 0. The zero-order chi connectivity index (χ0) is 7.28. The number of rotatable bonds is 1. The number of allylic oxidation sites excluding steroid dienone is 1. The summed E-state index contributed by atoms with van der Waals surface area (Å²) >= 11 is 0. The van der Waals surface area contributed by atoms with Gasteiger partial charge in [0.2, 0.25) is 11.8 Å². The third-order valence-electron chi connectivity index (χ3n) is 0.617. The number of imide groups is 1. The topological polar surface area (TPSA) is 46.2 Å². The first-order chi connectivity index (χ1) is 4.16. The lowest BCUT2D eigenvalue weighted by Crippen LogP contribution is -2.25. The minimum Gasteiger partial charge on any atom is -0.293 e. The Morgan fingerprint density at radius 3 is 2.33 bits per heavy atom. The highest BCUT2D eigenvalue weighted by Gasteiger charge is 1.94. The second-order valence-corrected chi connectivity index (χ2v) is 1.55. The molecule has 0 aliphatic heterocycles. The Morgan fingerprint density at radius 1 is 1.44 bits per heavy atom. The fourth-order valence-electron chi connectivity index (χ4n) is 0.367. The van der Waals surface area contributed by atoms with Crippen LogP contribution in [-0.4, -0.2) is 11.8 Å². The molecule has 9 heavy (non-hydrogen) atoms. The van der Waals surface area contributed by atoms with Crippen LogP contribution in [0.15, 0.2) is 12.2 Å². The van der Waals surface area contributed by atoms with Gasteiger partial charge in [-0.3, -0.25) is 14.9 Å². The summed E-state index contributed by atoms with van der Waals surface area (Å²) in [6.07, 6.45) is 2.86. The molecule has 0 aromatic rings. The average molecular weight is 127 g/mol. The molecule has 0 aliphatic rings. The first-order valence-corrected chi connectivity index (χ1v) is 2.61. The standard InChI is InChI=1S/C6H9NO2/c1-3-4-6(9)7-5(2)8/h3-4H,1-2H3,(H,7,8,9). The summed E-state index contributed by atoms with van der Waals surface area (Å²) in [7, 11) is 0. The Labute approximate surface area is 53.7 Å². The first-order valence-electron chi connectivity index (χ1n) is 2.61. The van der Waals surface area contributed by atoms with Crippen molar-refractivity contribution in [3.63, 3.8) is 0 Å². The molecule has 0 saturated carbocycles. The van der Waals surface area contributed by atoms with E-state index in [1.54, 1.807) is 13.0 Å². The summed E-state index contributed by atoms with van der Waals surface area (Å²) in [5, 5.41) is 2.08. The Morgan fingerprint density at radius 2 is 2.00 bits per heavy atom. The molecular formula is C6H9NO2. The Kier molecular flexibility index (Phi) is 3.35. The van der Waals surface area contributed by atoms with Gasteiger partial charge in [0.05, 0.1) is 0 Å². The van der Waals surface area contributed by atoms with Crippen molar-refractivity contribution in [2.75, 3.05) is 0 Å². The van der Waals surface area contributed by atoms with Crippen LogP contribution >= 0.6 is 0 Å². The molecule has 0 rings (SSSR count). The number of carbonyl (C=O) groups excluding carboxylic acids is 2. The van der Waals surface area contributed by atoms with Crippen LogP contribution in [0, 0.1) is 0 Å². The highest BCUT2D eigenvalue weighted by atomic mass is 16.2. The molecule has 2 amide bonds. The molecule has 3 heteroatoms. The van der Waals surface area contributed by atoms with E-state index in [2.05, 4.69) is 5.32 Å². The van der Waals surface area contributed by atoms with Gasteiger partial charge in [0.25, 0.3) is 0 Å². The van der Waals surface area contributed by atoms with Crippen molar-refractivity contribution in [3.8, 4) is 0 Å². The van der Waals surface area contributed by atoms with Gasteiger partial charge in [0.1, 0.15) is 0 Å². The summed E-state index contributed by atoms with van der Waals surface area (Å²) in [6.45, 7) is 3.00. The first kappa shape index (κ1) is 7.88. The van der Waals surface area contributed by atoms with Crippen molar-refractivity contribution in [1.82, 2.24) is 5.32 Å². The third kappa shape index (κ3) is 4.74. The fraction of sp³-hybridized carbons (Fsp3) is 0.333. The molecular weight excluding hydrogens is 118 g/mol. The minimum absolute atomic E-state index is 0.335. The monoisotopic (exact) mass is 127 g/mol. The molecule has 1 N–H and O–H groups in total. The maximum atomic E-state index is 10.4. The number of hydrogen-bond acceptors (Lipinski definition) is 2. The average Bonchev–Trinajstić information content (AvgIpc) is 1.63. The molecule has 0 atom stereocenters. The van der Waals surface area contributed by atoms with Crippen LogP contribution in [0.4, 0.5) is 0 Å². The van der Waals surface area contributed by atoms with E-state index in [4.69, 9.17) is 0 Å². The summed E-state index contributed by atoms with van der Waals surface area (Å²) in [5.74, 6) is -0.705. The van der Waals surface area contributed by atoms with Gasteiger partial charge in [0, 0.05) is 6.92 Å². The predicted molar refractivity (Wildman–Crippen MR) is 33.6 cm³/mol. The molecule has 0 spiro atoms. The van der Waals surface area contributed by atoms with Gasteiger partial charge in [-0.2, -0.15) is 0 Å². The maximum Gasteiger partial charge on any atom is 0.250 e. The summed E-state index contributed by atoms with van der Waals surface area (Å²) in [6, 6.07) is 0. The summed E-state index contributed by atoms with van der Waals surface area (Å²) in [4.78, 5) is 20.6. The van der Waals surface area contributed by atoms with Crippen molar-refractivity contribution in [1.29, 1.82) is 0 Å². The van der Waals surface area contributed by atoms with Gasteiger partial charge in [-0.15, -0.1) is 0 Å². The van der Waals surface area contributed by atoms with E-state index in [1.807, 2.05) is 0 Å². The van der Waals surface area contributed by atoms with E-state index in [0.717, 1.165) is 0 Å². The zero-order valence-corrected chi connectivity index (χ0v) is 5.47. The molecule has 50 valence electrons. The van der Waals surface area contributed by atoms with E-state index in [0.29, 0.717) is 0 Å². The van der Waals surface area contributed by atoms with Gasteiger partial charge in [-0.25, -0.2) is 0 Å². The fourth-order valence-corrected chi connectivity index (χ4v) is 0.367. The molecule has 0 bridgehead atoms. The van der Waals surface area contributed by atoms with Crippen molar-refractivity contribution < 1.29 is 9.59 Å². The molecule has 3 nitrogen and oxygen atoms in total. The van der Waals surface area contributed by atoms with E-state index in [1.165, 1.54) is 13.0 Å². The smallest absolute Gasteiger partial charge is 0.250 e. The van der Waals surface area contributed by atoms with Gasteiger partial charge in [-0.05, 0) is 13.0 Å². The van der Waals surface area contributed by atoms with Crippen LogP contribution in [0.5, 0.6) is 0 Å². The van der Waals surface area contributed by atoms with E-state index >= 15 is 0 Å². The molecule has 0 aliphatic carbocycles. The molecule has 0 heterocycles. The van der Waals surface area contributed by atoms with Crippen molar-refractivity contribution in [3.05, 3.63) is 12.2 Å². The van der Waals surface area contributed by atoms with Gasteiger partial charge in [-0.1, -0.05) is 6.08 Å². The second kappa shape index (κ2) is 3.83. The molecule has 0 aromatic carbocycles. The Bertz CT molecular complexity index is 149. The second-order valence-electron chi connectivity index (χ2n) is 1.55. The molecule has 0 aromatic heterocycles. The third-order valence-corrected chi connectivity index (χ3v) is 0.617. The normalized spacial score (nSPS) is 9.56. The lowest BCUT2D eigenvalue weighted by molar-refractivity contribution is -0.126. The largest absolute Gasteiger partial charge is 0.293 e. The van der Waals surface area contributed by atoms with Crippen molar-refractivity contribution >= 4 is 11.8 Å². The number of carbonyl (C=O) groups is 2. The SMILES string of the molecule is CC=CC(=O)NC(C)=O. The predicted octanol–water partition coefficient (Wildman–Crippen LogP) is 0.225. The van der Waals surface area contributed by atoms with Crippen LogP contribution in [-0.2, 0) is 9.59 Å². The van der Waals surface area contributed by atoms with E-state index in [-0.39, 0.29) is 11.8 Å². The molecule has 0 radical (unpaired) electrons. The van der Waals surface area contributed by atoms with Crippen LogP contribution in [0.1, 0.15) is 13.8 Å². The molecule has 0 saturated heterocycles. The van der Waals surface area contributed by atoms with Crippen molar-refractivity contribution in [2.45, 2.75) is 13.8 Å². The van der Waals surface area contributed by atoms with E-state index < -0.39 is 0 Å². The van der Waals surface area contributed by atoms with Crippen LogP contribution < -0.4 is 5.32 Å². The van der Waals surface area contributed by atoms with Crippen LogP contribution in [0.25, 0.3) is 0 Å². The van der Waals surface area contributed by atoms with Crippen LogP contribution in [0.3, 0.4) is 0 Å². The highest BCUT2D eigenvalue weighted by molar-refractivity contribution is 5.99. The van der Waals surface area contributed by atoms with Crippen molar-refractivity contribution in [2.24, 2.45) is 0 Å². The number of nitrogens with one attached hydrogen (secondary N) is 1. The Hall–Kier alpha value is -1.12. The highest BCUT2D eigenvalue weighted by Crippen LogP contribution is 1.70. The van der Waals surface area contributed by atoms with Gasteiger partial charge < -0.3 is 0 Å². The lowest BCUT2D eigenvalue weighted by Gasteiger charge is -1.90. The summed E-state index contributed by atoms with van der Waals surface area (Å²) in [5.41, 5.74) is 0. The lowest BCUT2D eigenvalue weighted by atomic mass is 10.5. The Balaban J connectivity index is 3.64.